The molecule has 0 saturated heterocycles. The molecule has 0 aliphatic carbocycles. The van der Waals surface area contributed by atoms with Gasteiger partial charge >= 0.3 is 0 Å². The summed E-state index contributed by atoms with van der Waals surface area (Å²) in [6.45, 7) is 3.12. The highest BCUT2D eigenvalue weighted by atomic mass is 16.7. The summed E-state index contributed by atoms with van der Waals surface area (Å²) in [6, 6.07) is 20.1. The van der Waals surface area contributed by atoms with Gasteiger partial charge in [-0.25, -0.2) is 0 Å². The van der Waals surface area contributed by atoms with Gasteiger partial charge in [0.15, 0.2) is 6.29 Å². The standard InChI is InChI=1S/C28H40O5/c1-4-5-8-17-27(33-22-24-15-11-7-12-16-24)26(29)19-18-25(20-28(30-2)31-3)32-21-23-13-9-6-10-14-23/h6-7,9-16,18-19,25-29H,4-5,8,17,20-22H2,1-3H3. The lowest BCUT2D eigenvalue weighted by atomic mass is 10.0. The van der Waals surface area contributed by atoms with Gasteiger partial charge in [0, 0.05) is 20.6 Å². The van der Waals surface area contributed by atoms with Gasteiger partial charge in [0.05, 0.1) is 31.5 Å². The highest BCUT2D eigenvalue weighted by Gasteiger charge is 2.20. The molecule has 2 rings (SSSR count). The highest BCUT2D eigenvalue weighted by Crippen LogP contribution is 2.17. The van der Waals surface area contributed by atoms with E-state index in [0.29, 0.717) is 19.6 Å². The molecule has 0 amide bonds. The van der Waals surface area contributed by atoms with Crippen LogP contribution in [0.5, 0.6) is 0 Å². The van der Waals surface area contributed by atoms with Gasteiger partial charge in [0.2, 0.25) is 0 Å². The number of benzene rings is 2. The number of aliphatic hydroxyl groups excluding tert-OH is 1. The van der Waals surface area contributed by atoms with E-state index in [4.69, 9.17) is 18.9 Å². The van der Waals surface area contributed by atoms with E-state index >= 15 is 0 Å². The molecule has 2 aromatic rings. The molecule has 0 fully saturated rings. The van der Waals surface area contributed by atoms with Crippen molar-refractivity contribution < 1.29 is 24.1 Å². The maximum Gasteiger partial charge on any atom is 0.159 e. The molecule has 2 aromatic carbocycles. The van der Waals surface area contributed by atoms with Gasteiger partial charge in [-0.15, -0.1) is 0 Å². The molecule has 33 heavy (non-hydrogen) atoms. The van der Waals surface area contributed by atoms with Crippen molar-refractivity contribution >= 4 is 0 Å². The van der Waals surface area contributed by atoms with Crippen molar-refractivity contribution in [1.82, 2.24) is 0 Å². The fourth-order valence-electron chi connectivity index (χ4n) is 3.55. The summed E-state index contributed by atoms with van der Waals surface area (Å²) in [6.07, 6.45) is 6.63. The van der Waals surface area contributed by atoms with Crippen LogP contribution in [0.2, 0.25) is 0 Å². The Morgan fingerprint density at radius 3 is 1.91 bits per heavy atom. The maximum absolute atomic E-state index is 10.9. The van der Waals surface area contributed by atoms with Crippen molar-refractivity contribution in [3.8, 4) is 0 Å². The number of methoxy groups -OCH3 is 2. The van der Waals surface area contributed by atoms with Crippen molar-refractivity contribution in [3.05, 3.63) is 83.9 Å². The van der Waals surface area contributed by atoms with Gasteiger partial charge in [-0.1, -0.05) is 99.0 Å². The molecular weight excluding hydrogens is 416 g/mol. The number of hydrogen-bond donors (Lipinski definition) is 1. The molecule has 5 nitrogen and oxygen atoms in total. The second kappa shape index (κ2) is 16.6. The van der Waals surface area contributed by atoms with E-state index in [-0.39, 0.29) is 18.5 Å². The molecular formula is C28H40O5. The lowest BCUT2D eigenvalue weighted by Gasteiger charge is -2.23. The number of ether oxygens (including phenoxy) is 4. The zero-order chi connectivity index (χ0) is 23.7. The first-order valence-electron chi connectivity index (χ1n) is 11.9. The minimum atomic E-state index is -0.725. The van der Waals surface area contributed by atoms with E-state index in [2.05, 4.69) is 6.92 Å². The molecule has 0 aliphatic rings. The summed E-state index contributed by atoms with van der Waals surface area (Å²) in [4.78, 5) is 0. The normalized spacial score (nSPS) is 14.6. The first kappa shape index (κ1) is 27.2. The van der Waals surface area contributed by atoms with Crippen LogP contribution in [0.1, 0.15) is 50.2 Å². The zero-order valence-electron chi connectivity index (χ0n) is 20.3. The van der Waals surface area contributed by atoms with Crippen LogP contribution in [-0.2, 0) is 32.2 Å². The highest BCUT2D eigenvalue weighted by molar-refractivity contribution is 5.14. The molecule has 5 heteroatoms. The monoisotopic (exact) mass is 456 g/mol. The Morgan fingerprint density at radius 2 is 1.36 bits per heavy atom. The predicted molar refractivity (Wildman–Crippen MR) is 132 cm³/mol. The van der Waals surface area contributed by atoms with Crippen molar-refractivity contribution in [1.29, 1.82) is 0 Å². The van der Waals surface area contributed by atoms with E-state index in [1.165, 1.54) is 0 Å². The van der Waals surface area contributed by atoms with Crippen LogP contribution in [0.4, 0.5) is 0 Å². The van der Waals surface area contributed by atoms with E-state index in [1.54, 1.807) is 20.3 Å². The minimum Gasteiger partial charge on any atom is -0.386 e. The molecule has 0 radical (unpaired) electrons. The molecule has 0 saturated carbocycles. The van der Waals surface area contributed by atoms with Crippen LogP contribution < -0.4 is 0 Å². The van der Waals surface area contributed by atoms with Crippen LogP contribution in [0, 0.1) is 0 Å². The SMILES string of the molecule is CCCCCC(OCc1ccccc1)C(O)C=CC(CC(OC)OC)OCc1ccccc1. The third-order valence-corrected chi connectivity index (χ3v) is 5.56. The molecule has 1 N–H and O–H groups in total. The summed E-state index contributed by atoms with van der Waals surface area (Å²) in [7, 11) is 3.23. The van der Waals surface area contributed by atoms with Crippen LogP contribution in [0.25, 0.3) is 0 Å². The number of hydrogen-bond acceptors (Lipinski definition) is 5. The lowest BCUT2D eigenvalue weighted by Crippen LogP contribution is -2.28. The molecule has 182 valence electrons. The van der Waals surface area contributed by atoms with Crippen molar-refractivity contribution in [2.24, 2.45) is 0 Å². The van der Waals surface area contributed by atoms with Gasteiger partial charge in [-0.05, 0) is 17.5 Å². The largest absolute Gasteiger partial charge is 0.386 e. The number of unbranched alkanes of at least 4 members (excludes halogenated alkanes) is 2. The first-order chi connectivity index (χ1) is 16.2. The molecule has 0 spiro atoms. The Hall–Kier alpha value is -2.02. The topological polar surface area (TPSA) is 57.2 Å². The van der Waals surface area contributed by atoms with Gasteiger partial charge < -0.3 is 24.1 Å². The van der Waals surface area contributed by atoms with Gasteiger partial charge in [-0.3, -0.25) is 0 Å². The molecule has 0 heterocycles. The zero-order valence-corrected chi connectivity index (χ0v) is 20.3. The van der Waals surface area contributed by atoms with E-state index < -0.39 is 6.10 Å². The van der Waals surface area contributed by atoms with Crippen LogP contribution in [-0.4, -0.2) is 43.9 Å². The Balaban J connectivity index is 2.02. The Morgan fingerprint density at radius 1 is 0.788 bits per heavy atom. The minimum absolute atomic E-state index is 0.268. The third kappa shape index (κ3) is 11.1. The first-order valence-corrected chi connectivity index (χ1v) is 11.9. The molecule has 0 aliphatic heterocycles. The maximum atomic E-state index is 10.9. The van der Waals surface area contributed by atoms with Crippen molar-refractivity contribution in [2.45, 2.75) is 76.8 Å². The van der Waals surface area contributed by atoms with E-state index in [1.807, 2.05) is 66.7 Å². The van der Waals surface area contributed by atoms with E-state index in [0.717, 1.165) is 36.8 Å². The van der Waals surface area contributed by atoms with Crippen LogP contribution in [0.15, 0.2) is 72.8 Å². The Kier molecular flexibility index (Phi) is 13.7. The van der Waals surface area contributed by atoms with E-state index in [9.17, 15) is 5.11 Å². The van der Waals surface area contributed by atoms with Gasteiger partial charge in [-0.2, -0.15) is 0 Å². The fraction of sp³-hybridized carbons (Fsp3) is 0.500. The molecule has 0 bridgehead atoms. The van der Waals surface area contributed by atoms with Crippen LogP contribution in [0.3, 0.4) is 0 Å². The summed E-state index contributed by atoms with van der Waals surface area (Å²) in [5, 5.41) is 10.9. The van der Waals surface area contributed by atoms with Gasteiger partial charge in [0.1, 0.15) is 0 Å². The van der Waals surface area contributed by atoms with Crippen LogP contribution >= 0.6 is 0 Å². The smallest absolute Gasteiger partial charge is 0.159 e. The average Bonchev–Trinajstić information content (AvgIpc) is 2.86. The second-order valence-electron chi connectivity index (χ2n) is 8.18. The quantitative estimate of drug-likeness (QED) is 0.189. The lowest BCUT2D eigenvalue weighted by molar-refractivity contribution is -0.125. The summed E-state index contributed by atoms with van der Waals surface area (Å²) >= 11 is 0. The third-order valence-electron chi connectivity index (χ3n) is 5.56. The van der Waals surface area contributed by atoms with Crippen molar-refractivity contribution in [2.75, 3.05) is 14.2 Å². The van der Waals surface area contributed by atoms with Crippen molar-refractivity contribution in [3.63, 3.8) is 0 Å². The van der Waals surface area contributed by atoms with Gasteiger partial charge in [0.25, 0.3) is 0 Å². The fourth-order valence-corrected chi connectivity index (χ4v) is 3.55. The molecule has 0 aromatic heterocycles. The average molecular weight is 457 g/mol. The number of rotatable bonds is 17. The Labute approximate surface area is 199 Å². The summed E-state index contributed by atoms with van der Waals surface area (Å²) in [5.74, 6) is 0. The summed E-state index contributed by atoms with van der Waals surface area (Å²) < 4.78 is 23.0. The predicted octanol–water partition coefficient (Wildman–Crippen LogP) is 5.66. The second-order valence-corrected chi connectivity index (χ2v) is 8.18. The summed E-state index contributed by atoms with van der Waals surface area (Å²) in [5.41, 5.74) is 2.19. The molecule has 3 unspecified atom stereocenters. The number of aliphatic hydroxyl groups is 1. The Bertz CT molecular complexity index is 745. The molecule has 3 atom stereocenters.